The molecule has 3 rings (SSSR count). The van der Waals surface area contributed by atoms with Crippen molar-refractivity contribution in [2.24, 2.45) is 0 Å². The summed E-state index contributed by atoms with van der Waals surface area (Å²) in [5.74, 6) is 0.132. The first-order chi connectivity index (χ1) is 13.0. The largest absolute Gasteiger partial charge is 0.305 e. The number of likely N-dealkylation sites (N-methyl/N-ethyl adjacent to an activating group) is 1. The number of fused-ring (bicyclic) bond motifs is 1. The van der Waals surface area contributed by atoms with Gasteiger partial charge in [0.25, 0.3) is 5.56 Å². The lowest BCUT2D eigenvalue weighted by Gasteiger charge is -2.31. The van der Waals surface area contributed by atoms with Crippen LogP contribution in [0, 0.1) is 5.82 Å². The zero-order valence-electron chi connectivity index (χ0n) is 16.3. The van der Waals surface area contributed by atoms with Gasteiger partial charge in [0, 0.05) is 31.2 Å². The maximum Gasteiger partial charge on any atom is 0.261 e. The van der Waals surface area contributed by atoms with Gasteiger partial charge in [0.1, 0.15) is 11.3 Å². The standard InChI is InChI=1S/C20H28ClFN4O/c1-4-7-17(25-9-6-8-24(3)10-11-25)19-23-18-15(20(27)26(19)5-2)12-14(21)13-16(18)22/h12-13,17H,4-11H2,1-3H3/t17-/m1/s1. The molecular formula is C20H28ClFN4O. The van der Waals surface area contributed by atoms with Crippen molar-refractivity contribution < 1.29 is 4.39 Å². The van der Waals surface area contributed by atoms with E-state index in [1.807, 2.05) is 6.92 Å². The van der Waals surface area contributed by atoms with Crippen LogP contribution < -0.4 is 5.56 Å². The van der Waals surface area contributed by atoms with Gasteiger partial charge < -0.3 is 4.90 Å². The number of benzene rings is 1. The SMILES string of the molecule is CCC[C@H](c1nc2c(F)cc(Cl)cc2c(=O)n1CC)N1CCCN(C)CC1. The average molecular weight is 395 g/mol. The lowest BCUT2D eigenvalue weighted by molar-refractivity contribution is 0.180. The molecule has 1 aliphatic rings. The normalized spacial score (nSPS) is 18.0. The number of nitrogens with zero attached hydrogens (tertiary/aromatic N) is 4. The molecule has 0 aliphatic carbocycles. The van der Waals surface area contributed by atoms with Crippen LogP contribution in [0.3, 0.4) is 0 Å². The molecule has 5 nitrogen and oxygen atoms in total. The summed E-state index contributed by atoms with van der Waals surface area (Å²) < 4.78 is 16.2. The Bertz CT molecular complexity index is 869. The molecule has 0 spiro atoms. The highest BCUT2D eigenvalue weighted by Crippen LogP contribution is 2.27. The summed E-state index contributed by atoms with van der Waals surface area (Å²) in [5.41, 5.74) is -0.0934. The highest BCUT2D eigenvalue weighted by Gasteiger charge is 2.27. The zero-order valence-corrected chi connectivity index (χ0v) is 17.1. The van der Waals surface area contributed by atoms with Crippen molar-refractivity contribution in [1.82, 2.24) is 19.4 Å². The fourth-order valence-electron chi connectivity index (χ4n) is 3.95. The maximum absolute atomic E-state index is 14.5. The van der Waals surface area contributed by atoms with Gasteiger partial charge in [-0.1, -0.05) is 24.9 Å². The molecular weight excluding hydrogens is 367 g/mol. The van der Waals surface area contributed by atoms with Gasteiger partial charge in [0.2, 0.25) is 0 Å². The molecule has 0 radical (unpaired) electrons. The van der Waals surface area contributed by atoms with Gasteiger partial charge in [0.05, 0.1) is 11.4 Å². The first-order valence-corrected chi connectivity index (χ1v) is 10.2. The lowest BCUT2D eigenvalue weighted by atomic mass is 10.1. The molecule has 0 unspecified atom stereocenters. The molecule has 2 aromatic rings. The Morgan fingerprint density at radius 2 is 2.00 bits per heavy atom. The van der Waals surface area contributed by atoms with E-state index in [1.54, 1.807) is 4.57 Å². The van der Waals surface area contributed by atoms with Gasteiger partial charge in [-0.3, -0.25) is 14.3 Å². The molecule has 0 bridgehead atoms. The number of halogens is 2. The van der Waals surface area contributed by atoms with E-state index >= 15 is 0 Å². The van der Waals surface area contributed by atoms with E-state index in [1.165, 1.54) is 12.1 Å². The number of hydrogen-bond donors (Lipinski definition) is 0. The van der Waals surface area contributed by atoms with Crippen LogP contribution in [0.5, 0.6) is 0 Å². The van der Waals surface area contributed by atoms with Crippen LogP contribution in [-0.2, 0) is 6.54 Å². The van der Waals surface area contributed by atoms with Crippen molar-refractivity contribution in [2.45, 2.75) is 45.7 Å². The second-order valence-electron chi connectivity index (χ2n) is 7.30. The van der Waals surface area contributed by atoms with Crippen LogP contribution in [0.1, 0.15) is 45.0 Å². The van der Waals surface area contributed by atoms with Crippen molar-refractivity contribution in [2.75, 3.05) is 33.2 Å². The number of rotatable bonds is 5. The molecule has 1 aromatic heterocycles. The quantitative estimate of drug-likeness (QED) is 0.775. The van der Waals surface area contributed by atoms with Gasteiger partial charge in [-0.2, -0.15) is 0 Å². The van der Waals surface area contributed by atoms with Crippen molar-refractivity contribution in [3.05, 3.63) is 39.2 Å². The Hall–Kier alpha value is -1.50. The van der Waals surface area contributed by atoms with E-state index in [2.05, 4.69) is 28.8 Å². The summed E-state index contributed by atoms with van der Waals surface area (Å²) in [7, 11) is 2.13. The minimum Gasteiger partial charge on any atom is -0.305 e. The molecule has 7 heteroatoms. The molecule has 2 heterocycles. The third-order valence-electron chi connectivity index (χ3n) is 5.38. The van der Waals surface area contributed by atoms with E-state index in [4.69, 9.17) is 11.6 Å². The highest BCUT2D eigenvalue weighted by atomic mass is 35.5. The first-order valence-electron chi connectivity index (χ1n) is 9.78. The molecule has 1 aliphatic heterocycles. The van der Waals surface area contributed by atoms with E-state index < -0.39 is 5.82 Å². The van der Waals surface area contributed by atoms with Crippen LogP contribution in [0.4, 0.5) is 4.39 Å². The molecule has 1 atom stereocenters. The third-order valence-corrected chi connectivity index (χ3v) is 5.60. The van der Waals surface area contributed by atoms with Gasteiger partial charge in [-0.25, -0.2) is 9.37 Å². The maximum atomic E-state index is 14.5. The van der Waals surface area contributed by atoms with E-state index in [9.17, 15) is 9.18 Å². The predicted molar refractivity (Wildman–Crippen MR) is 108 cm³/mol. The summed E-state index contributed by atoms with van der Waals surface area (Å²) in [6.45, 7) is 8.48. The Labute approximate surface area is 164 Å². The molecule has 1 saturated heterocycles. The summed E-state index contributed by atoms with van der Waals surface area (Å²) in [6.07, 6.45) is 2.93. The van der Waals surface area contributed by atoms with Gasteiger partial charge in [0.15, 0.2) is 5.82 Å². The van der Waals surface area contributed by atoms with Crippen LogP contribution in [0.15, 0.2) is 16.9 Å². The van der Waals surface area contributed by atoms with Gasteiger partial charge in [-0.15, -0.1) is 0 Å². The molecule has 0 N–H and O–H groups in total. The minimum atomic E-state index is -0.537. The lowest BCUT2D eigenvalue weighted by Crippen LogP contribution is -2.37. The molecule has 0 saturated carbocycles. The summed E-state index contributed by atoms with van der Waals surface area (Å²) in [5, 5.41) is 0.464. The van der Waals surface area contributed by atoms with E-state index in [0.717, 1.165) is 45.4 Å². The number of hydrogen-bond acceptors (Lipinski definition) is 4. The smallest absolute Gasteiger partial charge is 0.261 e. The fourth-order valence-corrected chi connectivity index (χ4v) is 4.16. The zero-order chi connectivity index (χ0) is 19.6. The van der Waals surface area contributed by atoms with E-state index in [-0.39, 0.29) is 27.5 Å². The van der Waals surface area contributed by atoms with Crippen molar-refractivity contribution >= 4 is 22.5 Å². The van der Waals surface area contributed by atoms with Crippen LogP contribution in [0.25, 0.3) is 10.9 Å². The molecule has 1 fully saturated rings. The summed E-state index contributed by atoms with van der Waals surface area (Å²) in [6, 6.07) is 2.75. The van der Waals surface area contributed by atoms with Crippen LogP contribution in [0.2, 0.25) is 5.02 Å². The van der Waals surface area contributed by atoms with E-state index in [0.29, 0.717) is 12.4 Å². The second-order valence-corrected chi connectivity index (χ2v) is 7.74. The van der Waals surface area contributed by atoms with Crippen molar-refractivity contribution in [1.29, 1.82) is 0 Å². The second kappa shape index (κ2) is 8.67. The molecule has 1 aromatic carbocycles. The Morgan fingerprint density at radius 3 is 2.70 bits per heavy atom. The van der Waals surface area contributed by atoms with Crippen molar-refractivity contribution in [3.8, 4) is 0 Å². The van der Waals surface area contributed by atoms with Crippen molar-refractivity contribution in [3.63, 3.8) is 0 Å². The topological polar surface area (TPSA) is 41.4 Å². The van der Waals surface area contributed by atoms with Gasteiger partial charge >= 0.3 is 0 Å². The highest BCUT2D eigenvalue weighted by molar-refractivity contribution is 6.31. The van der Waals surface area contributed by atoms with Crippen LogP contribution >= 0.6 is 11.6 Å². The molecule has 0 amide bonds. The van der Waals surface area contributed by atoms with Crippen LogP contribution in [-0.4, -0.2) is 52.6 Å². The molecule has 148 valence electrons. The predicted octanol–water partition coefficient (Wildman–Crippen LogP) is 3.69. The third kappa shape index (κ3) is 4.18. The Morgan fingerprint density at radius 1 is 1.22 bits per heavy atom. The number of aromatic nitrogens is 2. The first kappa shape index (κ1) is 20.2. The minimum absolute atomic E-state index is 0.00799. The Balaban J connectivity index is 2.15. The Kier molecular flexibility index (Phi) is 6.50. The fraction of sp³-hybridized carbons (Fsp3) is 0.600. The average Bonchev–Trinajstić information content (AvgIpc) is 2.85. The summed E-state index contributed by atoms with van der Waals surface area (Å²) >= 11 is 5.97. The molecule has 27 heavy (non-hydrogen) atoms. The monoisotopic (exact) mass is 394 g/mol. The summed E-state index contributed by atoms with van der Waals surface area (Å²) in [4.78, 5) is 22.5. The van der Waals surface area contributed by atoms with Gasteiger partial charge in [-0.05, 0) is 45.5 Å².